The van der Waals surface area contributed by atoms with Gasteiger partial charge < -0.3 is 5.73 Å². The summed E-state index contributed by atoms with van der Waals surface area (Å²) in [6.45, 7) is 4.32. The summed E-state index contributed by atoms with van der Waals surface area (Å²) in [7, 11) is 0. The Bertz CT molecular complexity index is 408. The van der Waals surface area contributed by atoms with E-state index in [0.29, 0.717) is 5.92 Å². The molecule has 0 radical (unpaired) electrons. The molecule has 1 aliphatic rings. The molecule has 2 rings (SSSR count). The van der Waals surface area contributed by atoms with Crippen LogP contribution >= 0.6 is 11.6 Å². The molecule has 1 saturated carbocycles. The number of rotatable bonds is 4. The zero-order valence-corrected chi connectivity index (χ0v) is 12.9. The molecule has 2 heteroatoms. The third-order valence-corrected chi connectivity index (χ3v) is 5.08. The topological polar surface area (TPSA) is 26.0 Å². The van der Waals surface area contributed by atoms with Gasteiger partial charge in [0.05, 0.1) is 0 Å². The molecule has 19 heavy (non-hydrogen) atoms. The second-order valence-corrected chi connectivity index (χ2v) is 6.51. The Balaban J connectivity index is 1.97. The summed E-state index contributed by atoms with van der Waals surface area (Å²) in [5.41, 5.74) is 8.78. The maximum atomic E-state index is 6.45. The summed E-state index contributed by atoms with van der Waals surface area (Å²) >= 11 is 6.21. The molecule has 2 N–H and O–H groups in total. The first-order valence-electron chi connectivity index (χ1n) is 7.63. The van der Waals surface area contributed by atoms with Crippen molar-refractivity contribution in [3.63, 3.8) is 0 Å². The average Bonchev–Trinajstić information content (AvgIpc) is 2.42. The van der Waals surface area contributed by atoms with Gasteiger partial charge in [0.1, 0.15) is 0 Å². The molecule has 1 aromatic carbocycles. The lowest BCUT2D eigenvalue weighted by Gasteiger charge is -2.32. The van der Waals surface area contributed by atoms with Crippen LogP contribution in [-0.4, -0.2) is 0 Å². The summed E-state index contributed by atoms with van der Waals surface area (Å²) in [5, 5.41) is 0.840. The van der Waals surface area contributed by atoms with Crippen LogP contribution in [0.4, 0.5) is 0 Å². The van der Waals surface area contributed by atoms with Crippen molar-refractivity contribution in [3.05, 3.63) is 34.3 Å². The summed E-state index contributed by atoms with van der Waals surface area (Å²) in [6.07, 6.45) is 7.96. The number of benzene rings is 1. The molecule has 1 nitrogen and oxygen atoms in total. The van der Waals surface area contributed by atoms with Gasteiger partial charge in [0.15, 0.2) is 0 Å². The lowest BCUT2D eigenvalue weighted by atomic mass is 9.76. The van der Waals surface area contributed by atoms with E-state index in [2.05, 4.69) is 25.1 Å². The van der Waals surface area contributed by atoms with Gasteiger partial charge in [-0.2, -0.15) is 0 Å². The van der Waals surface area contributed by atoms with Crippen molar-refractivity contribution in [3.8, 4) is 0 Å². The first-order chi connectivity index (χ1) is 9.11. The second kappa shape index (κ2) is 6.76. The Morgan fingerprint density at radius 3 is 2.53 bits per heavy atom. The molecule has 1 aromatic rings. The molecule has 0 aliphatic heterocycles. The van der Waals surface area contributed by atoms with Crippen LogP contribution in [0.3, 0.4) is 0 Å². The van der Waals surface area contributed by atoms with Gasteiger partial charge in [-0.1, -0.05) is 56.3 Å². The van der Waals surface area contributed by atoms with Crippen molar-refractivity contribution in [1.82, 2.24) is 0 Å². The van der Waals surface area contributed by atoms with E-state index in [-0.39, 0.29) is 6.04 Å². The molecule has 0 aromatic heterocycles. The minimum atomic E-state index is 0.153. The van der Waals surface area contributed by atoms with Crippen LogP contribution in [0, 0.1) is 18.8 Å². The van der Waals surface area contributed by atoms with E-state index in [1.807, 2.05) is 6.92 Å². The van der Waals surface area contributed by atoms with Gasteiger partial charge in [0.25, 0.3) is 0 Å². The molecular formula is C17H26ClN. The predicted molar refractivity (Wildman–Crippen MR) is 83.5 cm³/mol. The predicted octanol–water partition coefficient (Wildman–Crippen LogP) is 5.25. The van der Waals surface area contributed by atoms with E-state index in [9.17, 15) is 0 Å². The quantitative estimate of drug-likeness (QED) is 0.800. The fourth-order valence-electron chi connectivity index (χ4n) is 3.33. The molecule has 1 unspecified atom stereocenters. The van der Waals surface area contributed by atoms with Crippen molar-refractivity contribution in [2.75, 3.05) is 0 Å². The molecule has 0 saturated heterocycles. The maximum absolute atomic E-state index is 6.45. The monoisotopic (exact) mass is 279 g/mol. The van der Waals surface area contributed by atoms with E-state index in [0.717, 1.165) is 16.5 Å². The summed E-state index contributed by atoms with van der Waals surface area (Å²) in [6, 6.07) is 6.44. The van der Waals surface area contributed by atoms with Gasteiger partial charge in [0, 0.05) is 11.1 Å². The molecule has 1 atom stereocenters. The molecule has 106 valence electrons. The standard InChI is InChI=1S/C17H26ClN/c1-3-4-13-6-9-14(10-7-13)17(19)15-8-5-12(2)16(18)11-15/h5,8,11,13-14,17H,3-4,6-7,9-10,19H2,1-2H3. The number of hydrogen-bond donors (Lipinski definition) is 1. The average molecular weight is 280 g/mol. The van der Waals surface area contributed by atoms with Crippen LogP contribution in [0.5, 0.6) is 0 Å². The Morgan fingerprint density at radius 1 is 1.26 bits per heavy atom. The normalized spacial score (nSPS) is 25.3. The lowest BCUT2D eigenvalue weighted by molar-refractivity contribution is 0.234. The molecule has 0 bridgehead atoms. The maximum Gasteiger partial charge on any atom is 0.0438 e. The van der Waals surface area contributed by atoms with Gasteiger partial charge in [0.2, 0.25) is 0 Å². The molecule has 1 aliphatic carbocycles. The van der Waals surface area contributed by atoms with Gasteiger partial charge in [-0.3, -0.25) is 0 Å². The van der Waals surface area contributed by atoms with Gasteiger partial charge in [-0.15, -0.1) is 0 Å². The van der Waals surface area contributed by atoms with Crippen LogP contribution in [0.15, 0.2) is 18.2 Å². The largest absolute Gasteiger partial charge is 0.324 e. The molecule has 0 spiro atoms. The molecule has 0 amide bonds. The van der Waals surface area contributed by atoms with Gasteiger partial charge in [-0.05, 0) is 48.8 Å². The van der Waals surface area contributed by atoms with Crippen LogP contribution < -0.4 is 5.73 Å². The van der Waals surface area contributed by atoms with E-state index in [1.54, 1.807) is 0 Å². The Hall–Kier alpha value is -0.530. The third kappa shape index (κ3) is 3.73. The third-order valence-electron chi connectivity index (χ3n) is 4.68. The van der Waals surface area contributed by atoms with Crippen LogP contribution in [0.25, 0.3) is 0 Å². The summed E-state index contributed by atoms with van der Waals surface area (Å²) in [5.74, 6) is 1.57. The van der Waals surface area contributed by atoms with Crippen molar-refractivity contribution in [2.24, 2.45) is 17.6 Å². The highest BCUT2D eigenvalue weighted by atomic mass is 35.5. The number of hydrogen-bond acceptors (Lipinski definition) is 1. The Labute approximate surface area is 122 Å². The summed E-state index contributed by atoms with van der Waals surface area (Å²) < 4.78 is 0. The Morgan fingerprint density at radius 2 is 1.95 bits per heavy atom. The van der Waals surface area contributed by atoms with Crippen molar-refractivity contribution in [1.29, 1.82) is 0 Å². The van der Waals surface area contributed by atoms with Crippen LogP contribution in [-0.2, 0) is 0 Å². The van der Waals surface area contributed by atoms with E-state index >= 15 is 0 Å². The van der Waals surface area contributed by atoms with E-state index in [1.165, 1.54) is 44.1 Å². The number of nitrogens with two attached hydrogens (primary N) is 1. The second-order valence-electron chi connectivity index (χ2n) is 6.10. The van der Waals surface area contributed by atoms with E-state index < -0.39 is 0 Å². The highest BCUT2D eigenvalue weighted by molar-refractivity contribution is 6.31. The SMILES string of the molecule is CCCC1CCC(C(N)c2ccc(C)c(Cl)c2)CC1. The number of aryl methyl sites for hydroxylation is 1. The molecule has 1 fully saturated rings. The molecular weight excluding hydrogens is 254 g/mol. The zero-order valence-electron chi connectivity index (χ0n) is 12.2. The molecule has 0 heterocycles. The highest BCUT2D eigenvalue weighted by Crippen LogP contribution is 2.37. The minimum Gasteiger partial charge on any atom is -0.324 e. The highest BCUT2D eigenvalue weighted by Gasteiger charge is 2.26. The Kier molecular flexibility index (Phi) is 5.29. The summed E-state index contributed by atoms with van der Waals surface area (Å²) in [4.78, 5) is 0. The van der Waals surface area contributed by atoms with Crippen molar-refractivity contribution >= 4 is 11.6 Å². The van der Waals surface area contributed by atoms with Crippen molar-refractivity contribution in [2.45, 2.75) is 58.4 Å². The fourth-order valence-corrected chi connectivity index (χ4v) is 3.52. The fraction of sp³-hybridized carbons (Fsp3) is 0.647. The van der Waals surface area contributed by atoms with Crippen LogP contribution in [0.2, 0.25) is 5.02 Å². The zero-order chi connectivity index (χ0) is 13.8. The lowest BCUT2D eigenvalue weighted by Crippen LogP contribution is -2.26. The minimum absolute atomic E-state index is 0.153. The van der Waals surface area contributed by atoms with E-state index in [4.69, 9.17) is 17.3 Å². The first-order valence-corrected chi connectivity index (χ1v) is 8.01. The smallest absolute Gasteiger partial charge is 0.0438 e. The van der Waals surface area contributed by atoms with Crippen molar-refractivity contribution < 1.29 is 0 Å². The number of halogens is 1. The van der Waals surface area contributed by atoms with Crippen LogP contribution in [0.1, 0.15) is 62.6 Å². The van der Waals surface area contributed by atoms with Gasteiger partial charge >= 0.3 is 0 Å². The first kappa shape index (κ1) is 14.9. The van der Waals surface area contributed by atoms with Gasteiger partial charge in [-0.25, -0.2) is 0 Å².